The van der Waals surface area contributed by atoms with Crippen LogP contribution in [-0.4, -0.2) is 104 Å². The van der Waals surface area contributed by atoms with Gasteiger partial charge in [0, 0.05) is 33.4 Å². The molecule has 3 aromatic rings. The summed E-state index contributed by atoms with van der Waals surface area (Å²) >= 11 is 1.53. The van der Waals surface area contributed by atoms with Crippen LogP contribution in [0.4, 0.5) is 4.79 Å². The molecule has 3 heterocycles. The zero-order valence-corrected chi connectivity index (χ0v) is 31.8. The van der Waals surface area contributed by atoms with Crippen LogP contribution >= 0.6 is 11.3 Å². The molecule has 0 spiro atoms. The lowest BCUT2D eigenvalue weighted by atomic mass is 10.0. The Morgan fingerprint density at radius 3 is 2.46 bits per heavy atom. The third-order valence-electron chi connectivity index (χ3n) is 8.35. The third kappa shape index (κ3) is 10.6. The van der Waals surface area contributed by atoms with E-state index >= 15 is 0 Å². The number of hydrogen-bond acceptors (Lipinski definition) is 12. The van der Waals surface area contributed by atoms with Gasteiger partial charge in [0.25, 0.3) is 5.88 Å². The zero-order chi connectivity index (χ0) is 38.2. The van der Waals surface area contributed by atoms with Crippen molar-refractivity contribution in [1.29, 1.82) is 0 Å². The minimum absolute atomic E-state index is 0.00511. The Kier molecular flexibility index (Phi) is 13.5. The van der Waals surface area contributed by atoms with Crippen molar-refractivity contribution in [2.75, 3.05) is 26.7 Å². The summed E-state index contributed by atoms with van der Waals surface area (Å²) in [5.74, 6) is -1.49. The van der Waals surface area contributed by atoms with Crippen molar-refractivity contribution in [2.24, 2.45) is 5.92 Å². The van der Waals surface area contributed by atoms with Crippen LogP contribution in [0.1, 0.15) is 84.1 Å². The molecule has 1 aliphatic rings. The first-order valence-electron chi connectivity index (χ1n) is 17.3. The first kappa shape index (κ1) is 39.9. The molecule has 4 rings (SSSR count). The molecule has 1 fully saturated rings. The number of rotatable bonds is 15. The summed E-state index contributed by atoms with van der Waals surface area (Å²) in [6.45, 7) is 12.6. The summed E-state index contributed by atoms with van der Waals surface area (Å²) in [4.78, 5) is 72.5. The van der Waals surface area contributed by atoms with E-state index in [1.165, 1.54) is 38.9 Å². The molecular weight excluding hydrogens is 691 g/mol. The maximum atomic E-state index is 14.3. The second-order valence-corrected chi connectivity index (χ2v) is 15.0. The SMILES string of the molecule is CC(=O)O[C@@H]1C[C@@H](C(=O)N[C@@H](CN(C)C(=O)OC(C)(C)C)c2ccc(-c3scnc3C)cc2)N(C(=O)[C@H](C(C)C)n2cc(OCCCC=O)nn2)C1. The lowest BCUT2D eigenvalue weighted by Crippen LogP contribution is -2.51. The lowest BCUT2D eigenvalue weighted by molar-refractivity contribution is -0.147. The Hall–Kier alpha value is -4.86. The Balaban J connectivity index is 1.62. The highest BCUT2D eigenvalue weighted by Gasteiger charge is 2.45. The molecule has 0 saturated carbocycles. The number of hydrogen-bond donors (Lipinski definition) is 1. The topological polar surface area (TPSA) is 175 Å². The number of nitrogens with zero attached hydrogens (tertiary/aromatic N) is 6. The van der Waals surface area contributed by atoms with E-state index in [9.17, 15) is 24.0 Å². The molecule has 1 saturated heterocycles. The highest BCUT2D eigenvalue weighted by atomic mass is 32.1. The number of thiazole rings is 1. The summed E-state index contributed by atoms with van der Waals surface area (Å²) in [5, 5.41) is 11.3. The number of ether oxygens (including phenoxy) is 3. The van der Waals surface area contributed by atoms with Gasteiger partial charge in [-0.25, -0.2) is 14.5 Å². The van der Waals surface area contributed by atoms with Crippen LogP contribution in [0.5, 0.6) is 5.88 Å². The van der Waals surface area contributed by atoms with Crippen molar-refractivity contribution in [3.8, 4) is 16.3 Å². The second kappa shape index (κ2) is 17.6. The van der Waals surface area contributed by atoms with Crippen LogP contribution in [0.2, 0.25) is 0 Å². The summed E-state index contributed by atoms with van der Waals surface area (Å²) in [7, 11) is 1.59. The van der Waals surface area contributed by atoms with Gasteiger partial charge in [0.2, 0.25) is 11.8 Å². The van der Waals surface area contributed by atoms with Crippen molar-refractivity contribution in [3.05, 3.63) is 47.2 Å². The summed E-state index contributed by atoms with van der Waals surface area (Å²) in [5.41, 5.74) is 3.66. The molecule has 4 atom stereocenters. The van der Waals surface area contributed by atoms with E-state index in [1.807, 2.05) is 45.0 Å². The molecule has 1 N–H and O–H groups in total. The average molecular weight is 740 g/mol. The number of carbonyl (C=O) groups is 5. The van der Waals surface area contributed by atoms with Gasteiger partial charge in [-0.15, -0.1) is 11.3 Å². The molecule has 0 radical (unpaired) electrons. The number of benzene rings is 1. The fourth-order valence-corrected chi connectivity index (χ4v) is 6.74. The summed E-state index contributed by atoms with van der Waals surface area (Å²) in [6.07, 6.45) is 1.97. The molecule has 0 aliphatic carbocycles. The van der Waals surface area contributed by atoms with Crippen LogP contribution in [0.25, 0.3) is 10.4 Å². The lowest BCUT2D eigenvalue weighted by Gasteiger charge is -2.32. The maximum Gasteiger partial charge on any atom is 0.410 e. The minimum atomic E-state index is -1.01. The van der Waals surface area contributed by atoms with Crippen LogP contribution < -0.4 is 10.1 Å². The maximum absolute atomic E-state index is 14.3. The minimum Gasteiger partial charge on any atom is -0.475 e. The van der Waals surface area contributed by atoms with Gasteiger partial charge in [0.1, 0.15) is 30.1 Å². The van der Waals surface area contributed by atoms with Crippen molar-refractivity contribution in [1.82, 2.24) is 35.1 Å². The van der Waals surface area contributed by atoms with Crippen molar-refractivity contribution >= 4 is 41.5 Å². The van der Waals surface area contributed by atoms with E-state index in [4.69, 9.17) is 14.2 Å². The highest BCUT2D eigenvalue weighted by Crippen LogP contribution is 2.31. The number of aldehydes is 1. The van der Waals surface area contributed by atoms with Gasteiger partial charge in [-0.2, -0.15) is 0 Å². The van der Waals surface area contributed by atoms with E-state index in [-0.39, 0.29) is 37.9 Å². The highest BCUT2D eigenvalue weighted by molar-refractivity contribution is 7.13. The number of unbranched alkanes of at least 4 members (excludes halogenated alkanes) is 1. The fourth-order valence-electron chi connectivity index (χ4n) is 5.93. The first-order valence-corrected chi connectivity index (χ1v) is 18.2. The summed E-state index contributed by atoms with van der Waals surface area (Å²) < 4.78 is 18.1. The van der Waals surface area contributed by atoms with E-state index < -0.39 is 53.7 Å². The first-order chi connectivity index (χ1) is 24.6. The van der Waals surface area contributed by atoms with Crippen LogP contribution in [0.3, 0.4) is 0 Å². The largest absolute Gasteiger partial charge is 0.475 e. The molecule has 2 aromatic heterocycles. The molecule has 15 nitrogen and oxygen atoms in total. The molecular formula is C36H49N7O8S. The van der Waals surface area contributed by atoms with E-state index in [1.54, 1.807) is 33.3 Å². The molecule has 282 valence electrons. The van der Waals surface area contributed by atoms with Crippen LogP contribution in [0, 0.1) is 12.8 Å². The third-order valence-corrected chi connectivity index (χ3v) is 9.33. The molecule has 1 aliphatic heterocycles. The second-order valence-electron chi connectivity index (χ2n) is 14.2. The quantitative estimate of drug-likeness (QED) is 0.132. The van der Waals surface area contributed by atoms with Crippen LogP contribution in [0.15, 0.2) is 36.0 Å². The number of likely N-dealkylation sites (N-methyl/N-ethyl adjacent to an activating group) is 1. The van der Waals surface area contributed by atoms with E-state index in [0.29, 0.717) is 12.8 Å². The van der Waals surface area contributed by atoms with Gasteiger partial charge in [-0.05, 0) is 51.2 Å². The molecule has 16 heteroatoms. The number of nitrogens with one attached hydrogen (secondary N) is 1. The van der Waals surface area contributed by atoms with Gasteiger partial charge in [0.05, 0.1) is 41.5 Å². The average Bonchev–Trinajstić information content (AvgIpc) is 3.82. The number of esters is 1. The Bertz CT molecular complexity index is 1700. The van der Waals surface area contributed by atoms with Gasteiger partial charge in [0.15, 0.2) is 0 Å². The smallest absolute Gasteiger partial charge is 0.410 e. The molecule has 0 unspecified atom stereocenters. The Labute approximate surface area is 308 Å². The summed E-state index contributed by atoms with van der Waals surface area (Å²) in [6, 6.07) is 5.10. The number of likely N-dealkylation sites (tertiary alicyclic amines) is 1. The van der Waals surface area contributed by atoms with Gasteiger partial charge >= 0.3 is 12.1 Å². The predicted octanol–water partition coefficient (Wildman–Crippen LogP) is 4.52. The van der Waals surface area contributed by atoms with Crippen molar-refractivity contribution < 1.29 is 38.2 Å². The standard InChI is InChI=1S/C36H49N7O8S/c1-22(2)31(43-20-30(39-40-43)49-16-10-9-15-44)34(47)42-18-27(50-24(4)45)17-29(42)33(46)38-28(19-41(8)35(48)51-36(5,6)7)25-11-13-26(14-12-25)32-23(3)37-21-52-32/h11-15,20-22,27-29,31H,9-10,16-19H2,1-8H3,(H,38,46)/t27-,28+,29+,31+/m1/s1. The number of amides is 3. The fraction of sp³-hybridized carbons (Fsp3) is 0.556. The van der Waals surface area contributed by atoms with Crippen LogP contribution in [-0.2, 0) is 28.7 Å². The van der Waals surface area contributed by atoms with Crippen molar-refractivity contribution in [2.45, 2.75) is 97.6 Å². The Morgan fingerprint density at radius 2 is 1.87 bits per heavy atom. The van der Waals surface area contributed by atoms with Crippen molar-refractivity contribution in [3.63, 3.8) is 0 Å². The molecule has 52 heavy (non-hydrogen) atoms. The molecule has 3 amide bonds. The number of carbonyl (C=O) groups excluding carboxylic acids is 5. The predicted molar refractivity (Wildman–Crippen MR) is 192 cm³/mol. The molecule has 0 bridgehead atoms. The molecule has 1 aromatic carbocycles. The van der Waals surface area contributed by atoms with Gasteiger partial charge in [-0.3, -0.25) is 14.4 Å². The Morgan fingerprint density at radius 1 is 1.15 bits per heavy atom. The monoisotopic (exact) mass is 739 g/mol. The van der Waals surface area contributed by atoms with E-state index in [0.717, 1.165) is 28.0 Å². The van der Waals surface area contributed by atoms with Gasteiger partial charge < -0.3 is 34.1 Å². The number of aryl methyl sites for hydroxylation is 1. The van der Waals surface area contributed by atoms with Gasteiger partial charge in [-0.1, -0.05) is 48.4 Å². The number of aromatic nitrogens is 4. The van der Waals surface area contributed by atoms with E-state index in [2.05, 4.69) is 20.6 Å². The zero-order valence-electron chi connectivity index (χ0n) is 31.0. The normalized spacial score (nSPS) is 17.0.